The Morgan fingerprint density at radius 3 is 2.77 bits per heavy atom. The normalized spacial score (nSPS) is 13.7. The van der Waals surface area contributed by atoms with Gasteiger partial charge in [0.1, 0.15) is 0 Å². The Morgan fingerprint density at radius 1 is 1.00 bits per heavy atom. The van der Waals surface area contributed by atoms with Crippen molar-refractivity contribution in [1.29, 1.82) is 0 Å². The van der Waals surface area contributed by atoms with Gasteiger partial charge in [0.15, 0.2) is 0 Å². The maximum Gasteiger partial charge on any atom is 0.239 e. The number of nitrogens with one attached hydrogen (secondary N) is 3. The second kappa shape index (κ2) is 10.1. The SMILES string of the molecule is O=C(CN1CCCCc2ccccc21)NCCCCCNc1nc2ccccc2[nH]1. The lowest BCUT2D eigenvalue weighted by atomic mass is 10.1. The van der Waals surface area contributed by atoms with E-state index in [0.29, 0.717) is 6.54 Å². The van der Waals surface area contributed by atoms with Gasteiger partial charge in [-0.05, 0) is 62.3 Å². The number of nitrogens with zero attached hydrogens (tertiary/aromatic N) is 2. The molecule has 1 aliphatic heterocycles. The lowest BCUT2D eigenvalue weighted by molar-refractivity contribution is -0.119. The van der Waals surface area contributed by atoms with E-state index < -0.39 is 0 Å². The Balaban J connectivity index is 1.12. The summed E-state index contributed by atoms with van der Waals surface area (Å²) in [7, 11) is 0. The topological polar surface area (TPSA) is 73.1 Å². The number of unbranched alkanes of at least 4 members (excludes halogenated alkanes) is 2. The van der Waals surface area contributed by atoms with Gasteiger partial charge in [0.25, 0.3) is 0 Å². The number of amides is 1. The fraction of sp³-hybridized carbons (Fsp3) is 0.417. The molecule has 0 unspecified atom stereocenters. The summed E-state index contributed by atoms with van der Waals surface area (Å²) in [5, 5.41) is 6.43. The minimum atomic E-state index is 0.118. The smallest absolute Gasteiger partial charge is 0.239 e. The summed E-state index contributed by atoms with van der Waals surface area (Å²) >= 11 is 0. The molecule has 0 bridgehead atoms. The number of aryl methyl sites for hydroxylation is 1. The average molecular weight is 406 g/mol. The minimum Gasteiger partial charge on any atom is -0.362 e. The molecule has 6 heteroatoms. The van der Waals surface area contributed by atoms with Gasteiger partial charge in [0.05, 0.1) is 17.6 Å². The summed E-state index contributed by atoms with van der Waals surface area (Å²) in [5.41, 5.74) is 4.62. The first-order valence-corrected chi connectivity index (χ1v) is 11.1. The molecule has 1 aromatic heterocycles. The molecule has 6 nitrogen and oxygen atoms in total. The molecule has 0 saturated carbocycles. The van der Waals surface area contributed by atoms with Crippen molar-refractivity contribution in [2.45, 2.75) is 38.5 Å². The molecule has 1 aliphatic rings. The van der Waals surface area contributed by atoms with Crippen LogP contribution < -0.4 is 15.5 Å². The number of benzene rings is 2. The predicted molar refractivity (Wildman–Crippen MR) is 123 cm³/mol. The number of fused-ring (bicyclic) bond motifs is 2. The van der Waals surface area contributed by atoms with Crippen molar-refractivity contribution in [3.8, 4) is 0 Å². The highest BCUT2D eigenvalue weighted by molar-refractivity contribution is 5.81. The molecule has 0 atom stereocenters. The number of H-pyrrole nitrogens is 1. The molecule has 3 aromatic rings. The van der Waals surface area contributed by atoms with Gasteiger partial charge in [-0.2, -0.15) is 0 Å². The number of anilines is 2. The maximum absolute atomic E-state index is 12.4. The summed E-state index contributed by atoms with van der Waals surface area (Å²) in [6.45, 7) is 3.01. The van der Waals surface area contributed by atoms with Crippen molar-refractivity contribution in [3.63, 3.8) is 0 Å². The van der Waals surface area contributed by atoms with E-state index in [1.165, 1.54) is 17.7 Å². The number of aromatic amines is 1. The Hall–Kier alpha value is -3.02. The highest BCUT2D eigenvalue weighted by Gasteiger charge is 2.17. The van der Waals surface area contributed by atoms with Crippen LogP contribution in [0.4, 0.5) is 11.6 Å². The number of para-hydroxylation sites is 3. The first-order chi connectivity index (χ1) is 14.8. The summed E-state index contributed by atoms with van der Waals surface area (Å²) in [6.07, 6.45) is 6.55. The van der Waals surface area contributed by atoms with Crippen LogP contribution in [0.5, 0.6) is 0 Å². The summed E-state index contributed by atoms with van der Waals surface area (Å²) in [4.78, 5) is 22.4. The van der Waals surface area contributed by atoms with Gasteiger partial charge in [-0.1, -0.05) is 30.3 Å². The van der Waals surface area contributed by atoms with Crippen LogP contribution in [0.1, 0.15) is 37.7 Å². The highest BCUT2D eigenvalue weighted by Crippen LogP contribution is 2.25. The van der Waals surface area contributed by atoms with Crippen molar-refractivity contribution in [2.75, 3.05) is 36.4 Å². The van der Waals surface area contributed by atoms with Crippen LogP contribution in [-0.4, -0.2) is 42.1 Å². The highest BCUT2D eigenvalue weighted by atomic mass is 16.2. The second-order valence-corrected chi connectivity index (χ2v) is 7.95. The molecule has 0 saturated heterocycles. The molecule has 2 heterocycles. The zero-order valence-corrected chi connectivity index (χ0v) is 17.5. The van der Waals surface area contributed by atoms with E-state index in [-0.39, 0.29) is 5.91 Å². The van der Waals surface area contributed by atoms with Gasteiger partial charge in [-0.3, -0.25) is 4.79 Å². The molecular weight excluding hydrogens is 374 g/mol. The molecule has 1 amide bonds. The molecule has 0 spiro atoms. The van der Waals surface area contributed by atoms with Crippen LogP contribution in [0.3, 0.4) is 0 Å². The number of aromatic nitrogens is 2. The molecule has 0 fully saturated rings. The summed E-state index contributed by atoms with van der Waals surface area (Å²) in [6, 6.07) is 16.5. The van der Waals surface area contributed by atoms with Crippen molar-refractivity contribution in [3.05, 3.63) is 54.1 Å². The van der Waals surface area contributed by atoms with E-state index in [2.05, 4.69) is 49.8 Å². The third kappa shape index (κ3) is 5.32. The van der Waals surface area contributed by atoms with Crippen LogP contribution >= 0.6 is 0 Å². The van der Waals surface area contributed by atoms with Crippen LogP contribution in [0.2, 0.25) is 0 Å². The third-order valence-corrected chi connectivity index (χ3v) is 5.65. The van der Waals surface area contributed by atoms with Crippen molar-refractivity contribution in [2.24, 2.45) is 0 Å². The minimum absolute atomic E-state index is 0.118. The van der Waals surface area contributed by atoms with Crippen molar-refractivity contribution < 1.29 is 4.79 Å². The molecule has 0 aliphatic carbocycles. The van der Waals surface area contributed by atoms with Crippen LogP contribution in [-0.2, 0) is 11.2 Å². The number of carbonyl (C=O) groups is 1. The van der Waals surface area contributed by atoms with Crippen molar-refractivity contribution >= 4 is 28.6 Å². The maximum atomic E-state index is 12.4. The Kier molecular flexibility index (Phi) is 6.85. The van der Waals surface area contributed by atoms with E-state index in [1.807, 2.05) is 24.3 Å². The number of imidazole rings is 1. The van der Waals surface area contributed by atoms with E-state index in [1.54, 1.807) is 0 Å². The average Bonchev–Trinajstić information content (AvgIpc) is 3.07. The molecule has 2 aromatic carbocycles. The van der Waals surface area contributed by atoms with Gasteiger partial charge < -0.3 is 20.5 Å². The fourth-order valence-electron chi connectivity index (χ4n) is 4.06. The summed E-state index contributed by atoms with van der Waals surface area (Å²) < 4.78 is 0. The van der Waals surface area contributed by atoms with Gasteiger partial charge >= 0.3 is 0 Å². The zero-order valence-electron chi connectivity index (χ0n) is 17.5. The molecule has 0 radical (unpaired) electrons. The molecule has 158 valence electrons. The van der Waals surface area contributed by atoms with Crippen molar-refractivity contribution in [1.82, 2.24) is 15.3 Å². The lowest BCUT2D eigenvalue weighted by Crippen LogP contribution is -2.38. The van der Waals surface area contributed by atoms with Gasteiger partial charge in [-0.25, -0.2) is 4.98 Å². The van der Waals surface area contributed by atoms with Crippen LogP contribution in [0, 0.1) is 0 Å². The van der Waals surface area contributed by atoms with E-state index in [0.717, 1.165) is 68.7 Å². The number of carbonyl (C=O) groups excluding carboxylic acids is 1. The predicted octanol–water partition coefficient (Wildman–Crippen LogP) is 4.10. The van der Waals surface area contributed by atoms with Gasteiger partial charge in [-0.15, -0.1) is 0 Å². The number of hydrogen-bond donors (Lipinski definition) is 3. The van der Waals surface area contributed by atoms with Crippen LogP contribution in [0.25, 0.3) is 11.0 Å². The Morgan fingerprint density at radius 2 is 1.83 bits per heavy atom. The van der Waals surface area contributed by atoms with Gasteiger partial charge in [0, 0.05) is 25.3 Å². The second-order valence-electron chi connectivity index (χ2n) is 7.95. The standard InChI is InChI=1S/C24H31N5O/c30-23(18-29-17-9-6-11-19-10-2-5-14-22(19)29)25-15-7-1-8-16-26-24-27-20-12-3-4-13-21(20)28-24/h2-5,10,12-14H,1,6-9,11,15-18H2,(H,25,30)(H2,26,27,28). The van der Waals surface area contributed by atoms with E-state index >= 15 is 0 Å². The molecule has 3 N–H and O–H groups in total. The van der Waals surface area contributed by atoms with Crippen LogP contribution in [0.15, 0.2) is 48.5 Å². The first-order valence-electron chi connectivity index (χ1n) is 11.1. The third-order valence-electron chi connectivity index (χ3n) is 5.65. The largest absolute Gasteiger partial charge is 0.362 e. The number of rotatable bonds is 9. The zero-order chi connectivity index (χ0) is 20.6. The quantitative estimate of drug-likeness (QED) is 0.469. The summed E-state index contributed by atoms with van der Waals surface area (Å²) in [5.74, 6) is 0.939. The lowest BCUT2D eigenvalue weighted by Gasteiger charge is -2.24. The Bertz CT molecular complexity index is 934. The fourth-order valence-corrected chi connectivity index (χ4v) is 4.06. The monoisotopic (exact) mass is 405 g/mol. The molecule has 4 rings (SSSR count). The molecule has 30 heavy (non-hydrogen) atoms. The van der Waals surface area contributed by atoms with E-state index in [9.17, 15) is 4.79 Å². The molecular formula is C24H31N5O. The number of hydrogen-bond acceptors (Lipinski definition) is 4. The Labute approximate surface area is 178 Å². The van der Waals surface area contributed by atoms with E-state index in [4.69, 9.17) is 0 Å². The first kappa shape index (κ1) is 20.3. The van der Waals surface area contributed by atoms with Gasteiger partial charge in [0.2, 0.25) is 11.9 Å².